The van der Waals surface area contributed by atoms with E-state index in [1.807, 2.05) is 37.1 Å². The number of rotatable bonds is 2. The van der Waals surface area contributed by atoms with Gasteiger partial charge in [0.15, 0.2) is 0 Å². The number of likely N-dealkylation sites (N-methyl/N-ethyl adjacent to an activating group) is 1. The maximum atomic E-state index is 11.7. The molecule has 18 heavy (non-hydrogen) atoms. The molecule has 0 radical (unpaired) electrons. The van der Waals surface area contributed by atoms with E-state index in [2.05, 4.69) is 0 Å². The van der Waals surface area contributed by atoms with E-state index in [1.54, 1.807) is 4.90 Å². The van der Waals surface area contributed by atoms with Crippen LogP contribution in [0, 0.1) is 0 Å². The number of halogens is 1. The summed E-state index contributed by atoms with van der Waals surface area (Å²) in [4.78, 5) is 15.4. The van der Waals surface area contributed by atoms with E-state index in [0.717, 1.165) is 24.3 Å². The van der Waals surface area contributed by atoms with Gasteiger partial charge in [-0.15, -0.1) is 0 Å². The molecule has 0 saturated carbocycles. The molecule has 1 fully saturated rings. The standard InChI is InChI=1S/C13H18ClN3O/c1-9(15)10-3-4-12(11(14)7-10)17-6-5-16(2)13(18)8-17/h3-4,7,9H,5-6,8,15H2,1-2H3/t9-/m0/s1. The van der Waals surface area contributed by atoms with Crippen LogP contribution in [0.4, 0.5) is 5.69 Å². The van der Waals surface area contributed by atoms with Crippen LogP contribution < -0.4 is 10.6 Å². The summed E-state index contributed by atoms with van der Waals surface area (Å²) in [5.74, 6) is 0.119. The van der Waals surface area contributed by atoms with Crippen molar-refractivity contribution in [3.05, 3.63) is 28.8 Å². The van der Waals surface area contributed by atoms with Gasteiger partial charge in [-0.05, 0) is 24.6 Å². The van der Waals surface area contributed by atoms with Crippen LogP contribution in [0.15, 0.2) is 18.2 Å². The van der Waals surface area contributed by atoms with Crippen LogP contribution in [0.1, 0.15) is 18.5 Å². The van der Waals surface area contributed by atoms with Crippen molar-refractivity contribution < 1.29 is 4.79 Å². The van der Waals surface area contributed by atoms with E-state index in [0.29, 0.717) is 11.6 Å². The van der Waals surface area contributed by atoms with E-state index < -0.39 is 0 Å². The summed E-state index contributed by atoms with van der Waals surface area (Å²) >= 11 is 6.27. The molecule has 2 N–H and O–H groups in total. The molecule has 1 aliphatic heterocycles. The molecule has 1 saturated heterocycles. The maximum absolute atomic E-state index is 11.7. The summed E-state index contributed by atoms with van der Waals surface area (Å²) in [6, 6.07) is 5.75. The lowest BCUT2D eigenvalue weighted by atomic mass is 10.1. The second-order valence-corrected chi connectivity index (χ2v) is 5.14. The van der Waals surface area contributed by atoms with Gasteiger partial charge in [0.25, 0.3) is 0 Å². The van der Waals surface area contributed by atoms with Crippen LogP contribution in [0.2, 0.25) is 5.02 Å². The van der Waals surface area contributed by atoms with Crippen molar-refractivity contribution in [2.75, 3.05) is 31.6 Å². The molecule has 0 aliphatic carbocycles. The van der Waals surface area contributed by atoms with Crippen molar-refractivity contribution in [1.82, 2.24) is 4.90 Å². The summed E-state index contributed by atoms with van der Waals surface area (Å²) in [6.45, 7) is 3.84. The Hall–Kier alpha value is -1.26. The van der Waals surface area contributed by atoms with Gasteiger partial charge in [-0.25, -0.2) is 0 Å². The molecule has 98 valence electrons. The summed E-state index contributed by atoms with van der Waals surface area (Å²) in [5, 5.41) is 0.655. The van der Waals surface area contributed by atoms with Crippen molar-refractivity contribution in [1.29, 1.82) is 0 Å². The Morgan fingerprint density at radius 1 is 1.39 bits per heavy atom. The van der Waals surface area contributed by atoms with E-state index in [9.17, 15) is 4.79 Å². The minimum atomic E-state index is -0.0364. The second-order valence-electron chi connectivity index (χ2n) is 4.74. The van der Waals surface area contributed by atoms with Gasteiger partial charge in [0.05, 0.1) is 17.3 Å². The number of hydrogen-bond acceptors (Lipinski definition) is 3. The van der Waals surface area contributed by atoms with Gasteiger partial charge in [0.1, 0.15) is 0 Å². The van der Waals surface area contributed by atoms with Gasteiger partial charge in [0, 0.05) is 26.2 Å². The van der Waals surface area contributed by atoms with Gasteiger partial charge in [0.2, 0.25) is 5.91 Å². The zero-order chi connectivity index (χ0) is 13.3. The fraction of sp³-hybridized carbons (Fsp3) is 0.462. The van der Waals surface area contributed by atoms with Gasteiger partial charge >= 0.3 is 0 Å². The van der Waals surface area contributed by atoms with Crippen LogP contribution in [0.3, 0.4) is 0 Å². The first-order valence-electron chi connectivity index (χ1n) is 6.03. The smallest absolute Gasteiger partial charge is 0.241 e. The average Bonchev–Trinajstić information content (AvgIpc) is 2.32. The summed E-state index contributed by atoms with van der Waals surface area (Å²) in [6.07, 6.45) is 0. The van der Waals surface area contributed by atoms with Crippen LogP contribution in [-0.4, -0.2) is 37.5 Å². The highest BCUT2D eigenvalue weighted by atomic mass is 35.5. The number of nitrogens with zero attached hydrogens (tertiary/aromatic N) is 2. The zero-order valence-electron chi connectivity index (χ0n) is 10.7. The molecular weight excluding hydrogens is 250 g/mol. The Morgan fingerprint density at radius 2 is 2.11 bits per heavy atom. The number of anilines is 1. The minimum Gasteiger partial charge on any atom is -0.359 e. The first kappa shape index (κ1) is 13.2. The Morgan fingerprint density at radius 3 is 2.67 bits per heavy atom. The SMILES string of the molecule is C[C@H](N)c1ccc(N2CCN(C)C(=O)C2)c(Cl)c1. The maximum Gasteiger partial charge on any atom is 0.241 e. The van der Waals surface area contributed by atoms with E-state index in [4.69, 9.17) is 17.3 Å². The fourth-order valence-electron chi connectivity index (χ4n) is 2.03. The Kier molecular flexibility index (Phi) is 3.78. The molecule has 0 unspecified atom stereocenters. The first-order chi connectivity index (χ1) is 8.49. The number of carbonyl (C=O) groups excluding carboxylic acids is 1. The number of benzene rings is 1. The molecule has 1 amide bonds. The van der Waals surface area contributed by atoms with Crippen LogP contribution in [-0.2, 0) is 4.79 Å². The highest BCUT2D eigenvalue weighted by Crippen LogP contribution is 2.29. The predicted octanol–water partition coefficient (Wildman–Crippen LogP) is 1.64. The summed E-state index contributed by atoms with van der Waals surface area (Å²) in [5.41, 5.74) is 7.73. The number of nitrogens with two attached hydrogens (primary N) is 1. The minimum absolute atomic E-state index is 0.0364. The third kappa shape index (κ3) is 2.60. The Balaban J connectivity index is 2.21. The van der Waals surface area contributed by atoms with Gasteiger partial charge in [-0.2, -0.15) is 0 Å². The third-order valence-corrected chi connectivity index (χ3v) is 3.60. The lowest BCUT2D eigenvalue weighted by molar-refractivity contribution is -0.129. The molecular formula is C13H18ClN3O. The number of piperazine rings is 1. The number of amides is 1. The molecule has 1 aromatic carbocycles. The molecule has 0 spiro atoms. The van der Waals surface area contributed by atoms with Gasteiger partial charge in [-0.1, -0.05) is 17.7 Å². The summed E-state index contributed by atoms with van der Waals surface area (Å²) < 4.78 is 0. The molecule has 5 heteroatoms. The fourth-order valence-corrected chi connectivity index (χ4v) is 2.34. The molecule has 0 aromatic heterocycles. The second kappa shape index (κ2) is 5.16. The van der Waals surface area contributed by atoms with E-state index in [-0.39, 0.29) is 11.9 Å². The molecule has 2 rings (SSSR count). The lowest BCUT2D eigenvalue weighted by Gasteiger charge is -2.34. The number of hydrogen-bond donors (Lipinski definition) is 1. The van der Waals surface area contributed by atoms with Crippen molar-refractivity contribution in [3.63, 3.8) is 0 Å². The monoisotopic (exact) mass is 267 g/mol. The Bertz CT molecular complexity index is 462. The highest BCUT2D eigenvalue weighted by molar-refractivity contribution is 6.33. The van der Waals surface area contributed by atoms with Crippen molar-refractivity contribution in [2.45, 2.75) is 13.0 Å². The molecule has 4 nitrogen and oxygen atoms in total. The quantitative estimate of drug-likeness (QED) is 0.886. The van der Waals surface area contributed by atoms with Crippen molar-refractivity contribution >= 4 is 23.2 Å². The highest BCUT2D eigenvalue weighted by Gasteiger charge is 2.22. The van der Waals surface area contributed by atoms with Crippen LogP contribution in [0.25, 0.3) is 0 Å². The zero-order valence-corrected chi connectivity index (χ0v) is 11.4. The van der Waals surface area contributed by atoms with Gasteiger partial charge in [-0.3, -0.25) is 4.79 Å². The number of carbonyl (C=O) groups is 1. The largest absolute Gasteiger partial charge is 0.359 e. The summed E-state index contributed by atoms with van der Waals surface area (Å²) in [7, 11) is 1.82. The predicted molar refractivity (Wildman–Crippen MR) is 73.9 cm³/mol. The first-order valence-corrected chi connectivity index (χ1v) is 6.41. The van der Waals surface area contributed by atoms with Gasteiger partial charge < -0.3 is 15.5 Å². The molecule has 0 bridgehead atoms. The van der Waals surface area contributed by atoms with E-state index in [1.165, 1.54) is 0 Å². The Labute approximate surface area is 112 Å². The van der Waals surface area contributed by atoms with Crippen molar-refractivity contribution in [2.24, 2.45) is 5.73 Å². The van der Waals surface area contributed by atoms with Crippen molar-refractivity contribution in [3.8, 4) is 0 Å². The van der Waals surface area contributed by atoms with E-state index >= 15 is 0 Å². The lowest BCUT2D eigenvalue weighted by Crippen LogP contribution is -2.48. The van der Waals surface area contributed by atoms with Crippen LogP contribution >= 0.6 is 11.6 Å². The molecule has 1 heterocycles. The third-order valence-electron chi connectivity index (χ3n) is 3.30. The molecule has 1 aliphatic rings. The average molecular weight is 268 g/mol. The molecule has 1 aromatic rings. The topological polar surface area (TPSA) is 49.6 Å². The molecule has 1 atom stereocenters. The normalized spacial score (nSPS) is 18.1. The van der Waals surface area contributed by atoms with Crippen LogP contribution in [0.5, 0.6) is 0 Å².